The van der Waals surface area contributed by atoms with Gasteiger partial charge in [-0.3, -0.25) is 10.1 Å². The van der Waals surface area contributed by atoms with Gasteiger partial charge in [0, 0.05) is 18.6 Å². The molecule has 88 valence electrons. The first kappa shape index (κ1) is 11.1. The van der Waals surface area contributed by atoms with Gasteiger partial charge in [-0.2, -0.15) is 0 Å². The molecule has 1 heterocycles. The van der Waals surface area contributed by atoms with Crippen LogP contribution in [0.3, 0.4) is 0 Å². The fraction of sp³-hybridized carbons (Fsp3) is 0.200. The highest BCUT2D eigenvalue weighted by Crippen LogP contribution is 2.16. The summed E-state index contributed by atoms with van der Waals surface area (Å²) in [5.74, 6) is -0.665. The quantitative estimate of drug-likeness (QED) is 0.361. The van der Waals surface area contributed by atoms with Gasteiger partial charge >= 0.3 is 12.1 Å². The van der Waals surface area contributed by atoms with E-state index in [0.717, 1.165) is 0 Å². The minimum Gasteiger partial charge on any atom is -0.375 e. The molecule has 1 aliphatic heterocycles. The maximum Gasteiger partial charge on any atom is 0.415 e. The Hall–Kier alpha value is -2.44. The number of hydrogen-bond donors (Lipinski definition) is 1. The number of cyclic esters (lactones) is 2. The molecule has 0 radical (unpaired) electrons. The Morgan fingerprint density at radius 1 is 1.41 bits per heavy atom. The molecule has 0 saturated carbocycles. The maximum atomic E-state index is 11.2. The van der Waals surface area contributed by atoms with Crippen molar-refractivity contribution in [3.63, 3.8) is 0 Å². The van der Waals surface area contributed by atoms with Crippen LogP contribution >= 0.6 is 0 Å². The van der Waals surface area contributed by atoms with Crippen LogP contribution in [0, 0.1) is 10.1 Å². The maximum absolute atomic E-state index is 11.2. The first-order valence-electron chi connectivity index (χ1n) is 4.82. The normalized spacial score (nSPS) is 18.7. The van der Waals surface area contributed by atoms with E-state index in [-0.39, 0.29) is 12.1 Å². The van der Waals surface area contributed by atoms with Gasteiger partial charge in [0.2, 0.25) is 0 Å². The predicted molar refractivity (Wildman–Crippen MR) is 55.2 cm³/mol. The van der Waals surface area contributed by atoms with E-state index in [2.05, 4.69) is 10.1 Å². The standard InChI is InChI=1S/C10H8N2O5/c13-9-8(11-10(14)17-9)5-6-2-1-3-7(4-6)12(15)16/h1-4,8H,5H2,(H,11,14). The number of nitro benzene ring substituents is 1. The molecule has 1 N–H and O–H groups in total. The Balaban J connectivity index is 2.13. The van der Waals surface area contributed by atoms with Gasteiger partial charge in [0.05, 0.1) is 4.92 Å². The van der Waals surface area contributed by atoms with E-state index >= 15 is 0 Å². The summed E-state index contributed by atoms with van der Waals surface area (Å²) in [5.41, 5.74) is 0.531. The second-order valence-corrected chi connectivity index (χ2v) is 3.54. The molecule has 1 atom stereocenters. The highest BCUT2D eigenvalue weighted by atomic mass is 16.6. The number of nitrogens with zero attached hydrogens (tertiary/aromatic N) is 1. The zero-order valence-electron chi connectivity index (χ0n) is 8.58. The lowest BCUT2D eigenvalue weighted by molar-refractivity contribution is -0.384. The van der Waals surface area contributed by atoms with Crippen LogP contribution in [-0.4, -0.2) is 23.0 Å². The molecular weight excluding hydrogens is 228 g/mol. The third-order valence-electron chi connectivity index (χ3n) is 2.33. The van der Waals surface area contributed by atoms with Gasteiger partial charge in [0.25, 0.3) is 5.69 Å². The number of benzene rings is 1. The van der Waals surface area contributed by atoms with E-state index < -0.39 is 23.0 Å². The lowest BCUT2D eigenvalue weighted by atomic mass is 10.1. The van der Waals surface area contributed by atoms with Crippen LogP contribution < -0.4 is 5.32 Å². The van der Waals surface area contributed by atoms with E-state index in [1.807, 2.05) is 0 Å². The fourth-order valence-corrected chi connectivity index (χ4v) is 1.56. The molecule has 1 saturated heterocycles. The van der Waals surface area contributed by atoms with Gasteiger partial charge in [0.15, 0.2) is 0 Å². The number of rotatable bonds is 3. The molecule has 0 aromatic heterocycles. The summed E-state index contributed by atoms with van der Waals surface area (Å²) >= 11 is 0. The molecule has 7 heteroatoms. The van der Waals surface area contributed by atoms with Crippen molar-refractivity contribution >= 4 is 17.7 Å². The predicted octanol–water partition coefficient (Wildman–Crippen LogP) is 0.772. The highest BCUT2D eigenvalue weighted by Gasteiger charge is 2.32. The number of carbonyl (C=O) groups is 2. The molecular formula is C10H8N2O5. The minimum absolute atomic E-state index is 0.0554. The average Bonchev–Trinajstić information content (AvgIpc) is 2.58. The summed E-state index contributed by atoms with van der Waals surface area (Å²) in [4.78, 5) is 32.0. The zero-order valence-corrected chi connectivity index (χ0v) is 8.58. The highest BCUT2D eigenvalue weighted by molar-refractivity contribution is 5.95. The van der Waals surface area contributed by atoms with Gasteiger partial charge in [-0.25, -0.2) is 9.59 Å². The van der Waals surface area contributed by atoms with Crippen LogP contribution in [0.4, 0.5) is 10.5 Å². The number of alkyl carbamates (subject to hydrolysis) is 1. The van der Waals surface area contributed by atoms with Crippen molar-refractivity contribution in [1.29, 1.82) is 0 Å². The summed E-state index contributed by atoms with van der Waals surface area (Å²) < 4.78 is 4.30. The summed E-state index contributed by atoms with van der Waals surface area (Å²) in [6.45, 7) is 0. The Morgan fingerprint density at radius 2 is 2.18 bits per heavy atom. The number of nitro groups is 1. The van der Waals surface area contributed by atoms with Gasteiger partial charge in [-0.15, -0.1) is 0 Å². The van der Waals surface area contributed by atoms with E-state index in [1.54, 1.807) is 6.07 Å². The minimum atomic E-state index is -0.787. The lowest BCUT2D eigenvalue weighted by Gasteiger charge is -2.05. The van der Waals surface area contributed by atoms with Crippen LogP contribution in [0.5, 0.6) is 0 Å². The van der Waals surface area contributed by atoms with Crippen molar-refractivity contribution in [1.82, 2.24) is 5.32 Å². The molecule has 1 aromatic rings. The molecule has 0 bridgehead atoms. The van der Waals surface area contributed by atoms with Gasteiger partial charge < -0.3 is 10.1 Å². The number of amides is 1. The van der Waals surface area contributed by atoms with Crippen molar-refractivity contribution in [2.75, 3.05) is 0 Å². The molecule has 0 spiro atoms. The first-order valence-corrected chi connectivity index (χ1v) is 4.82. The van der Waals surface area contributed by atoms with Crippen LogP contribution in [0.1, 0.15) is 5.56 Å². The first-order chi connectivity index (χ1) is 8.06. The molecule has 17 heavy (non-hydrogen) atoms. The Kier molecular flexibility index (Phi) is 2.73. The lowest BCUT2D eigenvalue weighted by Crippen LogP contribution is -2.30. The summed E-state index contributed by atoms with van der Waals surface area (Å²) in [5, 5.41) is 12.9. The SMILES string of the molecule is O=C1NC(Cc2cccc([N+](=O)[O-])c2)C(=O)O1. The van der Waals surface area contributed by atoms with Crippen molar-refractivity contribution in [2.24, 2.45) is 0 Å². The number of ether oxygens (including phenoxy) is 1. The van der Waals surface area contributed by atoms with E-state index in [0.29, 0.717) is 5.56 Å². The molecule has 0 aliphatic carbocycles. The third-order valence-corrected chi connectivity index (χ3v) is 2.33. The van der Waals surface area contributed by atoms with Gasteiger partial charge in [-0.05, 0) is 5.56 Å². The number of carbonyl (C=O) groups excluding carboxylic acids is 2. The second-order valence-electron chi connectivity index (χ2n) is 3.54. The average molecular weight is 236 g/mol. The Labute approximate surface area is 95.5 Å². The number of nitrogens with one attached hydrogen (secondary N) is 1. The van der Waals surface area contributed by atoms with E-state index in [1.165, 1.54) is 18.2 Å². The smallest absolute Gasteiger partial charge is 0.375 e. The molecule has 1 unspecified atom stereocenters. The number of non-ortho nitro benzene ring substituents is 1. The molecule has 1 aromatic carbocycles. The molecule has 1 aliphatic rings. The Bertz CT molecular complexity index is 499. The number of esters is 1. The molecule has 7 nitrogen and oxygen atoms in total. The van der Waals surface area contributed by atoms with Crippen LogP contribution in [0.2, 0.25) is 0 Å². The van der Waals surface area contributed by atoms with Crippen LogP contribution in [-0.2, 0) is 16.0 Å². The van der Waals surface area contributed by atoms with Gasteiger partial charge in [0.1, 0.15) is 6.04 Å². The van der Waals surface area contributed by atoms with Gasteiger partial charge in [-0.1, -0.05) is 12.1 Å². The third kappa shape index (κ3) is 2.39. The van der Waals surface area contributed by atoms with E-state index in [4.69, 9.17) is 0 Å². The molecule has 2 rings (SSSR count). The molecule has 1 amide bonds. The van der Waals surface area contributed by atoms with Crippen molar-refractivity contribution in [3.8, 4) is 0 Å². The van der Waals surface area contributed by atoms with Crippen molar-refractivity contribution in [3.05, 3.63) is 39.9 Å². The molecule has 1 fully saturated rings. The fourth-order valence-electron chi connectivity index (χ4n) is 1.56. The second kappa shape index (κ2) is 4.20. The summed E-state index contributed by atoms with van der Waals surface area (Å²) in [6.07, 6.45) is -0.614. The Morgan fingerprint density at radius 3 is 2.76 bits per heavy atom. The van der Waals surface area contributed by atoms with Crippen LogP contribution in [0.25, 0.3) is 0 Å². The van der Waals surface area contributed by atoms with Crippen molar-refractivity contribution in [2.45, 2.75) is 12.5 Å². The summed E-state index contributed by atoms with van der Waals surface area (Å²) in [6, 6.07) is 5.11. The topological polar surface area (TPSA) is 98.5 Å². The monoisotopic (exact) mass is 236 g/mol. The zero-order chi connectivity index (χ0) is 12.4. The summed E-state index contributed by atoms with van der Waals surface area (Å²) in [7, 11) is 0. The van der Waals surface area contributed by atoms with Crippen molar-refractivity contribution < 1.29 is 19.2 Å². The van der Waals surface area contributed by atoms with E-state index in [9.17, 15) is 19.7 Å². The number of hydrogen-bond acceptors (Lipinski definition) is 5. The largest absolute Gasteiger partial charge is 0.415 e. The van der Waals surface area contributed by atoms with Crippen LogP contribution in [0.15, 0.2) is 24.3 Å².